The van der Waals surface area contributed by atoms with Crippen molar-refractivity contribution >= 4 is 22.8 Å². The van der Waals surface area contributed by atoms with E-state index in [2.05, 4.69) is 29.0 Å². The molecule has 28 heavy (non-hydrogen) atoms. The number of fused-ring (bicyclic) bond motifs is 3. The molecule has 0 fully saturated rings. The number of esters is 1. The molecule has 0 bridgehead atoms. The van der Waals surface area contributed by atoms with Gasteiger partial charge in [0.2, 0.25) is 0 Å². The van der Waals surface area contributed by atoms with Gasteiger partial charge in [0.25, 0.3) is 5.91 Å². The minimum absolute atomic E-state index is 0.0737. The highest BCUT2D eigenvalue weighted by atomic mass is 16.5. The average molecular weight is 380 g/mol. The summed E-state index contributed by atoms with van der Waals surface area (Å²) in [5, 5.41) is 8.14. The van der Waals surface area contributed by atoms with Crippen LogP contribution in [0.3, 0.4) is 0 Å². The van der Waals surface area contributed by atoms with E-state index >= 15 is 0 Å². The lowest BCUT2D eigenvalue weighted by molar-refractivity contribution is 0.0600. The number of H-pyrrole nitrogens is 2. The summed E-state index contributed by atoms with van der Waals surface area (Å²) in [6.07, 6.45) is 1.61. The van der Waals surface area contributed by atoms with Gasteiger partial charge in [-0.3, -0.25) is 9.89 Å². The molecule has 2 aromatic heterocycles. The van der Waals surface area contributed by atoms with E-state index in [4.69, 9.17) is 4.74 Å². The third kappa shape index (κ3) is 3.28. The second kappa shape index (κ2) is 7.14. The summed E-state index contributed by atoms with van der Waals surface area (Å²) in [5.41, 5.74) is 5.07. The topological polar surface area (TPSA) is 91.1 Å². The second-order valence-electron chi connectivity index (χ2n) is 7.69. The summed E-state index contributed by atoms with van der Waals surface area (Å²) in [6.45, 7) is 5.39. The molecular formula is C21H24N4O3. The number of benzene rings is 1. The Hall–Kier alpha value is -3.09. The van der Waals surface area contributed by atoms with Crippen molar-refractivity contribution in [2.75, 3.05) is 13.7 Å². The van der Waals surface area contributed by atoms with Crippen molar-refractivity contribution in [3.05, 3.63) is 52.5 Å². The first-order valence-electron chi connectivity index (χ1n) is 9.51. The van der Waals surface area contributed by atoms with Crippen LogP contribution < -0.4 is 0 Å². The van der Waals surface area contributed by atoms with E-state index in [1.165, 1.54) is 7.11 Å². The summed E-state index contributed by atoms with van der Waals surface area (Å²) in [6, 6.07) is 7.32. The van der Waals surface area contributed by atoms with E-state index in [1.54, 1.807) is 6.07 Å². The monoisotopic (exact) mass is 380 g/mol. The Balaban J connectivity index is 1.60. The highest BCUT2D eigenvalue weighted by Gasteiger charge is 2.26. The van der Waals surface area contributed by atoms with Gasteiger partial charge >= 0.3 is 5.97 Å². The van der Waals surface area contributed by atoms with Crippen molar-refractivity contribution in [3.8, 4) is 0 Å². The van der Waals surface area contributed by atoms with Gasteiger partial charge in [0.05, 0.1) is 12.7 Å². The number of ether oxygens (including phenoxy) is 1. The predicted octanol–water partition coefficient (Wildman–Crippen LogP) is 3.07. The fraction of sp³-hybridized carbons (Fsp3) is 0.381. The summed E-state index contributed by atoms with van der Waals surface area (Å²) in [5.74, 6) is 0.0568. The van der Waals surface area contributed by atoms with E-state index in [0.717, 1.165) is 40.7 Å². The fourth-order valence-electron chi connectivity index (χ4n) is 3.81. The van der Waals surface area contributed by atoms with Crippen LogP contribution in [0, 0.1) is 5.92 Å². The van der Waals surface area contributed by atoms with Crippen LogP contribution in [-0.2, 0) is 24.1 Å². The molecule has 3 heterocycles. The fourth-order valence-corrected chi connectivity index (χ4v) is 3.81. The number of amides is 1. The first-order valence-corrected chi connectivity index (χ1v) is 9.51. The molecule has 0 aliphatic carbocycles. The molecule has 1 amide bonds. The molecule has 0 atom stereocenters. The number of aromatic nitrogens is 3. The van der Waals surface area contributed by atoms with Gasteiger partial charge in [-0.05, 0) is 36.6 Å². The van der Waals surface area contributed by atoms with Gasteiger partial charge in [0, 0.05) is 47.4 Å². The number of nitrogens with zero attached hydrogens (tertiary/aromatic N) is 2. The van der Waals surface area contributed by atoms with Crippen LogP contribution >= 0.6 is 0 Å². The van der Waals surface area contributed by atoms with Crippen LogP contribution in [-0.4, -0.2) is 45.6 Å². The van der Waals surface area contributed by atoms with Gasteiger partial charge in [-0.1, -0.05) is 13.8 Å². The molecule has 7 nitrogen and oxygen atoms in total. The quantitative estimate of drug-likeness (QED) is 0.681. The maximum atomic E-state index is 12.9. The third-order valence-corrected chi connectivity index (χ3v) is 5.16. The highest BCUT2D eigenvalue weighted by molar-refractivity contribution is 5.97. The smallest absolute Gasteiger partial charge is 0.337 e. The van der Waals surface area contributed by atoms with E-state index < -0.39 is 0 Å². The van der Waals surface area contributed by atoms with Crippen molar-refractivity contribution < 1.29 is 14.3 Å². The Morgan fingerprint density at radius 3 is 2.86 bits per heavy atom. The van der Waals surface area contributed by atoms with Crippen LogP contribution in [0.25, 0.3) is 10.9 Å². The Labute approximate surface area is 163 Å². The zero-order valence-corrected chi connectivity index (χ0v) is 16.3. The summed E-state index contributed by atoms with van der Waals surface area (Å²) in [7, 11) is 1.37. The first-order chi connectivity index (χ1) is 13.5. The molecule has 1 aromatic carbocycles. The number of methoxy groups -OCH3 is 1. The van der Waals surface area contributed by atoms with Crippen LogP contribution in [0.1, 0.15) is 51.6 Å². The number of rotatable bonds is 4. The lowest BCUT2D eigenvalue weighted by Crippen LogP contribution is -2.36. The minimum Gasteiger partial charge on any atom is -0.465 e. The molecule has 0 radical (unpaired) electrons. The van der Waals surface area contributed by atoms with Crippen LogP contribution in [0.2, 0.25) is 0 Å². The SMILES string of the molecule is COC(=O)c1ccc2[nH]c3c(c2c1)CN(C(=O)c1cc(CC(C)C)[nH]n1)CC3. The Bertz CT molecular complexity index is 1050. The van der Waals surface area contributed by atoms with Crippen molar-refractivity contribution in [1.29, 1.82) is 0 Å². The van der Waals surface area contributed by atoms with Crippen molar-refractivity contribution in [3.63, 3.8) is 0 Å². The zero-order valence-electron chi connectivity index (χ0n) is 16.3. The molecule has 4 rings (SSSR count). The first kappa shape index (κ1) is 18.3. The van der Waals surface area contributed by atoms with Crippen LogP contribution in [0.5, 0.6) is 0 Å². The second-order valence-corrected chi connectivity index (χ2v) is 7.69. The normalized spacial score (nSPS) is 13.8. The lowest BCUT2D eigenvalue weighted by atomic mass is 10.0. The molecule has 0 unspecified atom stereocenters. The molecule has 2 N–H and O–H groups in total. The molecule has 3 aromatic rings. The van der Waals surface area contributed by atoms with Crippen molar-refractivity contribution in [1.82, 2.24) is 20.1 Å². The average Bonchev–Trinajstić information content (AvgIpc) is 3.29. The van der Waals surface area contributed by atoms with Gasteiger partial charge in [-0.15, -0.1) is 0 Å². The summed E-state index contributed by atoms with van der Waals surface area (Å²) < 4.78 is 4.83. The highest BCUT2D eigenvalue weighted by Crippen LogP contribution is 2.29. The lowest BCUT2D eigenvalue weighted by Gasteiger charge is -2.26. The molecule has 146 valence electrons. The molecule has 0 spiro atoms. The Kier molecular flexibility index (Phi) is 4.66. The summed E-state index contributed by atoms with van der Waals surface area (Å²) >= 11 is 0. The molecule has 1 aliphatic heterocycles. The number of carbonyl (C=O) groups excluding carboxylic acids is 2. The van der Waals surface area contributed by atoms with Gasteiger partial charge in [0.15, 0.2) is 0 Å². The molecule has 7 heteroatoms. The van der Waals surface area contributed by atoms with Crippen molar-refractivity contribution in [2.24, 2.45) is 5.92 Å². The van der Waals surface area contributed by atoms with Gasteiger partial charge in [-0.25, -0.2) is 4.79 Å². The summed E-state index contributed by atoms with van der Waals surface area (Å²) in [4.78, 5) is 30.1. The van der Waals surface area contributed by atoms with Crippen LogP contribution in [0.15, 0.2) is 24.3 Å². The molecule has 0 saturated carbocycles. The number of carbonyl (C=O) groups is 2. The Morgan fingerprint density at radius 2 is 2.11 bits per heavy atom. The third-order valence-electron chi connectivity index (χ3n) is 5.16. The standard InChI is InChI=1S/C21H24N4O3/c1-12(2)8-14-10-19(24-23-14)20(26)25-7-6-18-16(11-25)15-9-13(21(27)28-3)4-5-17(15)22-18/h4-5,9-10,12,22H,6-8,11H2,1-3H3,(H,23,24). The number of aromatic amines is 2. The van der Waals surface area contributed by atoms with E-state index in [-0.39, 0.29) is 11.9 Å². The molecule has 0 saturated heterocycles. The van der Waals surface area contributed by atoms with E-state index in [1.807, 2.05) is 23.1 Å². The number of hydrogen-bond donors (Lipinski definition) is 2. The molecule has 1 aliphatic rings. The predicted molar refractivity (Wildman–Crippen MR) is 105 cm³/mol. The van der Waals surface area contributed by atoms with E-state index in [0.29, 0.717) is 30.3 Å². The Morgan fingerprint density at radius 1 is 1.29 bits per heavy atom. The van der Waals surface area contributed by atoms with Gasteiger partial charge in [-0.2, -0.15) is 5.10 Å². The maximum Gasteiger partial charge on any atom is 0.337 e. The van der Waals surface area contributed by atoms with Gasteiger partial charge < -0.3 is 14.6 Å². The number of hydrogen-bond acceptors (Lipinski definition) is 4. The molecular weight excluding hydrogens is 356 g/mol. The maximum absolute atomic E-state index is 12.9. The number of nitrogens with one attached hydrogen (secondary N) is 2. The largest absolute Gasteiger partial charge is 0.465 e. The van der Waals surface area contributed by atoms with E-state index in [9.17, 15) is 9.59 Å². The zero-order chi connectivity index (χ0) is 19.8. The van der Waals surface area contributed by atoms with Gasteiger partial charge in [0.1, 0.15) is 5.69 Å². The minimum atomic E-state index is -0.366. The van der Waals surface area contributed by atoms with Crippen molar-refractivity contribution in [2.45, 2.75) is 33.2 Å². The van der Waals surface area contributed by atoms with Crippen LogP contribution in [0.4, 0.5) is 0 Å².